The molecule has 1 aromatic carbocycles. The van der Waals surface area contributed by atoms with Gasteiger partial charge in [-0.3, -0.25) is 4.99 Å². The molecule has 0 radical (unpaired) electrons. The Balaban J connectivity index is 0.000000207. The van der Waals surface area contributed by atoms with Crippen LogP contribution in [0.25, 0.3) is 0 Å². The highest BCUT2D eigenvalue weighted by atomic mass is 16.4. The van der Waals surface area contributed by atoms with Gasteiger partial charge in [-0.1, -0.05) is 18.2 Å². The quantitative estimate of drug-likeness (QED) is 0.711. The van der Waals surface area contributed by atoms with Crippen molar-refractivity contribution in [3.05, 3.63) is 42.0 Å². The average molecular weight is 317 g/mol. The number of nitrogens with one attached hydrogen (secondary N) is 1. The van der Waals surface area contributed by atoms with Gasteiger partial charge in [0.25, 0.3) is 0 Å². The van der Waals surface area contributed by atoms with Gasteiger partial charge in [-0.2, -0.15) is 0 Å². The zero-order valence-electron chi connectivity index (χ0n) is 12.8. The molecule has 0 spiro atoms. The van der Waals surface area contributed by atoms with Crippen LogP contribution in [0.15, 0.2) is 41.4 Å². The van der Waals surface area contributed by atoms with Gasteiger partial charge >= 0.3 is 11.9 Å². The SMILES string of the molecule is CN1c2ccccc2CC1C1=NCCN1.O=C(O)/C=C/C(=O)O. The van der Waals surface area contributed by atoms with Crippen molar-refractivity contribution in [1.82, 2.24) is 5.32 Å². The molecule has 0 aromatic heterocycles. The summed E-state index contributed by atoms with van der Waals surface area (Å²) in [5.41, 5.74) is 2.78. The topological polar surface area (TPSA) is 102 Å². The predicted molar refractivity (Wildman–Crippen MR) is 87.1 cm³/mol. The minimum absolute atomic E-state index is 0.421. The molecule has 0 saturated heterocycles. The van der Waals surface area contributed by atoms with Crippen LogP contribution in [0, 0.1) is 0 Å². The largest absolute Gasteiger partial charge is 0.478 e. The average Bonchev–Trinajstić information content (AvgIpc) is 3.14. The van der Waals surface area contributed by atoms with Gasteiger partial charge in [-0.15, -0.1) is 0 Å². The van der Waals surface area contributed by atoms with Crippen LogP contribution < -0.4 is 10.2 Å². The fourth-order valence-corrected chi connectivity index (χ4v) is 2.60. The normalized spacial score (nSPS) is 18.7. The molecule has 2 heterocycles. The molecule has 3 N–H and O–H groups in total. The Morgan fingerprint density at radius 1 is 1.26 bits per heavy atom. The number of likely N-dealkylation sites (N-methyl/N-ethyl adjacent to an activating group) is 1. The molecule has 122 valence electrons. The standard InChI is InChI=1S/C12H15N3.C4H4O4/c1-15-10-5-3-2-4-9(10)8-11(15)12-13-6-7-14-12;5-3(6)1-2-4(7)8/h2-5,11H,6-8H2,1H3,(H,13,14);1-2H,(H,5,6)(H,7,8)/b;2-1+. The molecule has 0 aliphatic carbocycles. The molecule has 2 aliphatic rings. The monoisotopic (exact) mass is 317 g/mol. The molecule has 1 atom stereocenters. The summed E-state index contributed by atoms with van der Waals surface area (Å²) in [6.07, 6.45) is 2.20. The second-order valence-electron chi connectivity index (χ2n) is 5.16. The van der Waals surface area contributed by atoms with Crippen LogP contribution in [0.2, 0.25) is 0 Å². The fourth-order valence-electron chi connectivity index (χ4n) is 2.60. The highest BCUT2D eigenvalue weighted by Gasteiger charge is 2.30. The molecule has 7 nitrogen and oxygen atoms in total. The molecule has 1 aromatic rings. The van der Waals surface area contributed by atoms with Crippen molar-refractivity contribution in [3.63, 3.8) is 0 Å². The fraction of sp³-hybridized carbons (Fsp3) is 0.312. The number of amidine groups is 1. The third-order valence-electron chi connectivity index (χ3n) is 3.64. The maximum absolute atomic E-state index is 9.55. The van der Waals surface area contributed by atoms with E-state index in [4.69, 9.17) is 10.2 Å². The van der Waals surface area contributed by atoms with Crippen LogP contribution in [-0.2, 0) is 16.0 Å². The summed E-state index contributed by atoms with van der Waals surface area (Å²) in [4.78, 5) is 25.9. The van der Waals surface area contributed by atoms with E-state index in [-0.39, 0.29) is 0 Å². The lowest BCUT2D eigenvalue weighted by Crippen LogP contribution is -2.41. The lowest BCUT2D eigenvalue weighted by Gasteiger charge is -2.22. The summed E-state index contributed by atoms with van der Waals surface area (Å²) >= 11 is 0. The molecular formula is C16H19N3O4. The van der Waals surface area contributed by atoms with E-state index < -0.39 is 11.9 Å². The third-order valence-corrected chi connectivity index (χ3v) is 3.64. The number of carboxylic acid groups (broad SMARTS) is 2. The summed E-state index contributed by atoms with van der Waals surface area (Å²) < 4.78 is 0. The second kappa shape index (κ2) is 7.44. The zero-order chi connectivity index (χ0) is 16.8. The van der Waals surface area contributed by atoms with Gasteiger partial charge < -0.3 is 20.4 Å². The number of carboxylic acids is 2. The number of hydrogen-bond acceptors (Lipinski definition) is 5. The Morgan fingerprint density at radius 3 is 2.43 bits per heavy atom. The zero-order valence-corrected chi connectivity index (χ0v) is 12.8. The summed E-state index contributed by atoms with van der Waals surface area (Å²) in [6.45, 7) is 1.92. The van der Waals surface area contributed by atoms with E-state index in [0.29, 0.717) is 18.2 Å². The van der Waals surface area contributed by atoms with E-state index in [1.807, 2.05) is 0 Å². The number of carbonyl (C=O) groups is 2. The van der Waals surface area contributed by atoms with Crippen LogP contribution in [0.3, 0.4) is 0 Å². The second-order valence-corrected chi connectivity index (χ2v) is 5.16. The van der Waals surface area contributed by atoms with Crippen LogP contribution in [0.5, 0.6) is 0 Å². The van der Waals surface area contributed by atoms with Gasteiger partial charge in [-0.05, 0) is 11.6 Å². The Hall–Kier alpha value is -2.83. The van der Waals surface area contributed by atoms with Gasteiger partial charge in [0.2, 0.25) is 0 Å². The number of aliphatic carboxylic acids is 2. The number of nitrogens with zero attached hydrogens (tertiary/aromatic N) is 2. The van der Waals surface area contributed by atoms with Gasteiger partial charge in [0, 0.05) is 37.9 Å². The molecule has 23 heavy (non-hydrogen) atoms. The highest BCUT2D eigenvalue weighted by molar-refractivity contribution is 5.93. The van der Waals surface area contributed by atoms with Crippen molar-refractivity contribution < 1.29 is 19.8 Å². The molecular weight excluding hydrogens is 298 g/mol. The van der Waals surface area contributed by atoms with E-state index in [2.05, 4.69) is 46.5 Å². The molecule has 7 heteroatoms. The Bertz CT molecular complexity index is 638. The van der Waals surface area contributed by atoms with Crippen LogP contribution in [-0.4, -0.2) is 54.2 Å². The Morgan fingerprint density at radius 2 is 1.91 bits per heavy atom. The van der Waals surface area contributed by atoms with Crippen molar-refractivity contribution in [2.45, 2.75) is 12.5 Å². The van der Waals surface area contributed by atoms with Crippen LogP contribution in [0.4, 0.5) is 5.69 Å². The number of hydrogen-bond donors (Lipinski definition) is 3. The third kappa shape index (κ3) is 4.32. The lowest BCUT2D eigenvalue weighted by molar-refractivity contribution is -0.134. The van der Waals surface area contributed by atoms with Crippen LogP contribution >= 0.6 is 0 Å². The number of para-hydroxylation sites is 1. The van der Waals surface area contributed by atoms with Gasteiger partial charge in [0.1, 0.15) is 5.84 Å². The maximum atomic E-state index is 9.55. The minimum atomic E-state index is -1.26. The van der Waals surface area contributed by atoms with Crippen molar-refractivity contribution in [1.29, 1.82) is 0 Å². The first-order valence-electron chi connectivity index (χ1n) is 7.22. The van der Waals surface area contributed by atoms with Crippen molar-refractivity contribution in [2.24, 2.45) is 4.99 Å². The summed E-state index contributed by atoms with van der Waals surface area (Å²) in [5.74, 6) is -1.35. The Kier molecular flexibility index (Phi) is 5.35. The van der Waals surface area contributed by atoms with Gasteiger partial charge in [0.05, 0.1) is 12.6 Å². The first-order valence-corrected chi connectivity index (χ1v) is 7.22. The molecule has 0 amide bonds. The maximum Gasteiger partial charge on any atom is 0.328 e. The van der Waals surface area contributed by atoms with Crippen molar-refractivity contribution >= 4 is 23.5 Å². The molecule has 1 unspecified atom stereocenters. The number of fused-ring (bicyclic) bond motifs is 1. The molecule has 2 aliphatic heterocycles. The molecule has 0 saturated carbocycles. The van der Waals surface area contributed by atoms with E-state index in [9.17, 15) is 9.59 Å². The lowest BCUT2D eigenvalue weighted by atomic mass is 10.1. The summed E-state index contributed by atoms with van der Waals surface area (Å²) in [5, 5.41) is 19.0. The summed E-state index contributed by atoms with van der Waals surface area (Å²) in [6, 6.07) is 9.03. The van der Waals surface area contributed by atoms with E-state index in [1.54, 1.807) is 0 Å². The smallest absolute Gasteiger partial charge is 0.328 e. The number of anilines is 1. The number of aliphatic imine (C=N–C) groups is 1. The summed E-state index contributed by atoms with van der Waals surface area (Å²) in [7, 11) is 2.15. The first-order chi connectivity index (χ1) is 11.0. The molecule has 0 bridgehead atoms. The van der Waals surface area contributed by atoms with E-state index >= 15 is 0 Å². The minimum Gasteiger partial charge on any atom is -0.478 e. The molecule has 3 rings (SSSR count). The van der Waals surface area contributed by atoms with E-state index in [0.717, 1.165) is 25.3 Å². The Labute approximate surface area is 134 Å². The van der Waals surface area contributed by atoms with Crippen LogP contribution in [0.1, 0.15) is 5.56 Å². The van der Waals surface area contributed by atoms with Crippen molar-refractivity contribution in [2.75, 3.05) is 25.0 Å². The highest BCUT2D eigenvalue weighted by Crippen LogP contribution is 2.30. The van der Waals surface area contributed by atoms with Gasteiger partial charge in [0.15, 0.2) is 0 Å². The predicted octanol–water partition coefficient (Wildman–Crippen LogP) is 0.761. The number of rotatable bonds is 3. The van der Waals surface area contributed by atoms with E-state index in [1.165, 1.54) is 11.3 Å². The van der Waals surface area contributed by atoms with Gasteiger partial charge in [-0.25, -0.2) is 9.59 Å². The van der Waals surface area contributed by atoms with Crippen molar-refractivity contribution in [3.8, 4) is 0 Å². The first kappa shape index (κ1) is 16.5. The molecule has 0 fully saturated rings. The number of benzene rings is 1.